The van der Waals surface area contributed by atoms with E-state index in [4.69, 9.17) is 4.74 Å². The van der Waals surface area contributed by atoms with Crippen molar-refractivity contribution in [3.8, 4) is 0 Å². The van der Waals surface area contributed by atoms with Gasteiger partial charge in [-0.25, -0.2) is 0 Å². The van der Waals surface area contributed by atoms with Gasteiger partial charge in [0.1, 0.15) is 6.61 Å². The Labute approximate surface area is 102 Å². The second-order valence-corrected chi connectivity index (χ2v) is 4.44. The molecule has 1 aliphatic heterocycles. The smallest absolute Gasteiger partial charge is 0.244 e. The lowest BCUT2D eigenvalue weighted by Crippen LogP contribution is -2.49. The lowest BCUT2D eigenvalue weighted by Gasteiger charge is -2.30. The fraction of sp³-hybridized carbons (Fsp3) is 0.818. The molecule has 17 heavy (non-hydrogen) atoms. The van der Waals surface area contributed by atoms with E-state index in [1.54, 1.807) is 0 Å². The van der Waals surface area contributed by atoms with E-state index in [-0.39, 0.29) is 0 Å². The van der Waals surface area contributed by atoms with Gasteiger partial charge in [0.05, 0.1) is 0 Å². The highest BCUT2D eigenvalue weighted by Gasteiger charge is 2.19. The second kappa shape index (κ2) is 5.97. The molecule has 0 spiro atoms. The van der Waals surface area contributed by atoms with Crippen LogP contribution in [0.1, 0.15) is 26.1 Å². The lowest BCUT2D eigenvalue weighted by atomic mass is 10.2. The van der Waals surface area contributed by atoms with Gasteiger partial charge in [0.25, 0.3) is 0 Å². The highest BCUT2D eigenvalue weighted by Crippen LogP contribution is 2.10. The van der Waals surface area contributed by atoms with Gasteiger partial charge < -0.3 is 15.0 Å². The minimum atomic E-state index is 0.488. The average Bonchev–Trinajstić information content (AvgIpc) is 2.78. The largest absolute Gasteiger partial charge is 0.373 e. The summed E-state index contributed by atoms with van der Waals surface area (Å²) in [6, 6.07) is 0.488. The normalized spacial score (nSPS) is 20.8. The number of piperazine rings is 1. The SMILES string of the molecule is CCCOCc1nc(N2CCN[C@H](C)C2)n[nH]1. The molecule has 0 radical (unpaired) electrons. The van der Waals surface area contributed by atoms with Crippen molar-refractivity contribution in [3.05, 3.63) is 5.82 Å². The number of nitrogens with zero attached hydrogens (tertiary/aromatic N) is 3. The van der Waals surface area contributed by atoms with Gasteiger partial charge in [-0.15, -0.1) is 5.10 Å². The van der Waals surface area contributed by atoms with Crippen LogP contribution >= 0.6 is 0 Å². The molecule has 96 valence electrons. The molecule has 1 aromatic rings. The molecule has 1 fully saturated rings. The van der Waals surface area contributed by atoms with Crippen molar-refractivity contribution < 1.29 is 4.74 Å². The van der Waals surface area contributed by atoms with Crippen LogP contribution in [0.3, 0.4) is 0 Å². The molecule has 2 rings (SSSR count). The summed E-state index contributed by atoms with van der Waals surface area (Å²) in [6.45, 7) is 8.43. The van der Waals surface area contributed by atoms with Gasteiger partial charge in [0.2, 0.25) is 5.95 Å². The van der Waals surface area contributed by atoms with Crippen LogP contribution < -0.4 is 10.2 Å². The zero-order valence-electron chi connectivity index (χ0n) is 10.6. The maximum Gasteiger partial charge on any atom is 0.244 e. The minimum Gasteiger partial charge on any atom is -0.373 e. The Bertz CT molecular complexity index is 340. The molecule has 6 heteroatoms. The van der Waals surface area contributed by atoms with Crippen LogP contribution in [0.25, 0.3) is 0 Å². The third-order valence-corrected chi connectivity index (χ3v) is 2.76. The fourth-order valence-electron chi connectivity index (χ4n) is 1.92. The summed E-state index contributed by atoms with van der Waals surface area (Å²) in [5.41, 5.74) is 0. The molecule has 1 aromatic heterocycles. The Hall–Kier alpha value is -1.14. The standard InChI is InChI=1S/C11H21N5O/c1-3-6-17-8-10-13-11(15-14-10)16-5-4-12-9(2)7-16/h9,12H,3-8H2,1-2H3,(H,13,14,15)/t9-/m1/s1. The van der Waals surface area contributed by atoms with Crippen molar-refractivity contribution in [1.29, 1.82) is 0 Å². The van der Waals surface area contributed by atoms with Crippen molar-refractivity contribution >= 4 is 5.95 Å². The number of anilines is 1. The first-order valence-corrected chi connectivity index (χ1v) is 6.27. The summed E-state index contributed by atoms with van der Waals surface area (Å²) in [4.78, 5) is 6.64. The molecule has 2 N–H and O–H groups in total. The number of H-pyrrole nitrogens is 1. The molecule has 1 atom stereocenters. The Morgan fingerprint density at radius 3 is 3.18 bits per heavy atom. The van der Waals surface area contributed by atoms with Crippen molar-refractivity contribution in [2.75, 3.05) is 31.1 Å². The number of hydrogen-bond donors (Lipinski definition) is 2. The first kappa shape index (κ1) is 12.3. The molecule has 1 aliphatic rings. The Morgan fingerprint density at radius 1 is 1.53 bits per heavy atom. The van der Waals surface area contributed by atoms with Gasteiger partial charge in [-0.3, -0.25) is 5.10 Å². The summed E-state index contributed by atoms with van der Waals surface area (Å²) < 4.78 is 5.43. The van der Waals surface area contributed by atoms with Crippen molar-refractivity contribution in [2.45, 2.75) is 32.9 Å². The molecular weight excluding hydrogens is 218 g/mol. The minimum absolute atomic E-state index is 0.488. The van der Waals surface area contributed by atoms with Crippen molar-refractivity contribution in [2.24, 2.45) is 0 Å². The van der Waals surface area contributed by atoms with Gasteiger partial charge in [-0.05, 0) is 13.3 Å². The van der Waals surface area contributed by atoms with E-state index >= 15 is 0 Å². The average molecular weight is 239 g/mol. The molecular formula is C11H21N5O. The number of rotatable bonds is 5. The number of hydrogen-bond acceptors (Lipinski definition) is 5. The van der Waals surface area contributed by atoms with Gasteiger partial charge in [0.15, 0.2) is 5.82 Å². The van der Waals surface area contributed by atoms with Crippen LogP contribution in [-0.4, -0.2) is 47.5 Å². The fourth-order valence-corrected chi connectivity index (χ4v) is 1.92. The maximum absolute atomic E-state index is 5.43. The van der Waals surface area contributed by atoms with Gasteiger partial charge in [0, 0.05) is 32.3 Å². The summed E-state index contributed by atoms with van der Waals surface area (Å²) >= 11 is 0. The van der Waals surface area contributed by atoms with Crippen LogP contribution in [-0.2, 0) is 11.3 Å². The molecule has 0 unspecified atom stereocenters. The number of nitrogens with one attached hydrogen (secondary N) is 2. The van der Waals surface area contributed by atoms with E-state index in [2.05, 4.69) is 39.2 Å². The van der Waals surface area contributed by atoms with E-state index in [0.29, 0.717) is 12.6 Å². The first-order valence-electron chi connectivity index (χ1n) is 6.27. The van der Waals surface area contributed by atoms with Gasteiger partial charge in [-0.2, -0.15) is 4.98 Å². The quantitative estimate of drug-likeness (QED) is 0.734. The molecule has 6 nitrogen and oxygen atoms in total. The molecule has 0 aliphatic carbocycles. The highest BCUT2D eigenvalue weighted by atomic mass is 16.5. The molecule has 0 amide bonds. The Kier molecular flexibility index (Phi) is 4.33. The van der Waals surface area contributed by atoms with Gasteiger partial charge >= 0.3 is 0 Å². The molecule has 0 bridgehead atoms. The van der Waals surface area contributed by atoms with Crippen LogP contribution in [0.5, 0.6) is 0 Å². The first-order chi connectivity index (χ1) is 8.29. The molecule has 2 heterocycles. The Morgan fingerprint density at radius 2 is 2.41 bits per heavy atom. The van der Waals surface area contributed by atoms with Crippen LogP contribution in [0.4, 0.5) is 5.95 Å². The number of aromatic amines is 1. The third-order valence-electron chi connectivity index (χ3n) is 2.76. The summed E-state index contributed by atoms with van der Waals surface area (Å²) in [5.74, 6) is 1.59. The van der Waals surface area contributed by atoms with E-state index in [1.807, 2.05) is 0 Å². The summed E-state index contributed by atoms with van der Waals surface area (Å²) in [7, 11) is 0. The van der Waals surface area contributed by atoms with Crippen LogP contribution in [0.15, 0.2) is 0 Å². The lowest BCUT2D eigenvalue weighted by molar-refractivity contribution is 0.116. The molecule has 1 saturated heterocycles. The van der Waals surface area contributed by atoms with Gasteiger partial charge in [-0.1, -0.05) is 6.92 Å². The predicted molar refractivity (Wildman–Crippen MR) is 66.0 cm³/mol. The van der Waals surface area contributed by atoms with E-state index in [0.717, 1.165) is 44.4 Å². The maximum atomic E-state index is 5.43. The second-order valence-electron chi connectivity index (χ2n) is 4.44. The number of ether oxygens (including phenoxy) is 1. The molecule has 0 aromatic carbocycles. The zero-order chi connectivity index (χ0) is 12.1. The predicted octanol–water partition coefficient (Wildman–Crippen LogP) is 0.529. The zero-order valence-corrected chi connectivity index (χ0v) is 10.6. The topological polar surface area (TPSA) is 66.1 Å². The van der Waals surface area contributed by atoms with Crippen molar-refractivity contribution in [3.63, 3.8) is 0 Å². The van der Waals surface area contributed by atoms with E-state index in [9.17, 15) is 0 Å². The number of aromatic nitrogens is 3. The van der Waals surface area contributed by atoms with Crippen LogP contribution in [0.2, 0.25) is 0 Å². The monoisotopic (exact) mass is 239 g/mol. The van der Waals surface area contributed by atoms with E-state index < -0.39 is 0 Å². The third kappa shape index (κ3) is 3.41. The van der Waals surface area contributed by atoms with Crippen molar-refractivity contribution in [1.82, 2.24) is 20.5 Å². The summed E-state index contributed by atoms with van der Waals surface area (Å²) in [6.07, 6.45) is 1.02. The molecule has 0 saturated carbocycles. The summed E-state index contributed by atoms with van der Waals surface area (Å²) in [5, 5.41) is 10.6. The Balaban J connectivity index is 1.88. The highest BCUT2D eigenvalue weighted by molar-refractivity contribution is 5.29. The van der Waals surface area contributed by atoms with Crippen LogP contribution in [0, 0.1) is 0 Å². The van der Waals surface area contributed by atoms with E-state index in [1.165, 1.54) is 0 Å².